The third-order valence-corrected chi connectivity index (χ3v) is 6.84. The predicted molar refractivity (Wildman–Crippen MR) is 110 cm³/mol. The molecular formula is C21H22N2O6S. The standard InChI is InChI=1S/C21H22N2O6S/c1-4-29-21(24)19-12-15(3)22(30(27,28)18-10-8-14(2)9-11-18)20(19)16-6-5-7-17(13-16)23(25)26/h5-13,15,20H,4H2,1-3H3/t15-,20+/m1/s1. The minimum atomic E-state index is -4.01. The minimum Gasteiger partial charge on any atom is -0.463 e. The Hall–Kier alpha value is -3.04. The number of nitro groups is 1. The van der Waals surface area contributed by atoms with E-state index in [0.717, 1.165) is 5.56 Å². The number of rotatable bonds is 6. The molecule has 2 aromatic rings. The molecule has 0 aliphatic carbocycles. The van der Waals surface area contributed by atoms with Crippen molar-refractivity contribution in [3.8, 4) is 0 Å². The van der Waals surface area contributed by atoms with E-state index in [1.54, 1.807) is 32.0 Å². The second kappa shape index (κ2) is 8.37. The van der Waals surface area contributed by atoms with Gasteiger partial charge in [0.05, 0.1) is 28.0 Å². The van der Waals surface area contributed by atoms with Gasteiger partial charge in [-0.3, -0.25) is 10.1 Å². The topological polar surface area (TPSA) is 107 Å². The first-order chi connectivity index (χ1) is 14.2. The number of esters is 1. The summed E-state index contributed by atoms with van der Waals surface area (Å²) in [6, 6.07) is 10.3. The third-order valence-electron chi connectivity index (χ3n) is 4.88. The number of hydrogen-bond donors (Lipinski definition) is 0. The molecule has 0 saturated heterocycles. The first-order valence-electron chi connectivity index (χ1n) is 9.40. The highest BCUT2D eigenvalue weighted by Crippen LogP contribution is 2.42. The molecule has 0 N–H and O–H groups in total. The Labute approximate surface area is 175 Å². The van der Waals surface area contributed by atoms with Gasteiger partial charge in [0.1, 0.15) is 0 Å². The molecule has 1 aliphatic rings. The lowest BCUT2D eigenvalue weighted by molar-refractivity contribution is -0.384. The molecule has 0 spiro atoms. The van der Waals surface area contributed by atoms with Gasteiger partial charge in [0.25, 0.3) is 5.69 Å². The van der Waals surface area contributed by atoms with Gasteiger partial charge in [-0.2, -0.15) is 4.31 Å². The van der Waals surface area contributed by atoms with Crippen molar-refractivity contribution < 1.29 is 22.9 Å². The Morgan fingerprint density at radius 2 is 1.87 bits per heavy atom. The van der Waals surface area contributed by atoms with Crippen molar-refractivity contribution in [3.63, 3.8) is 0 Å². The SMILES string of the molecule is CCOC(=O)C1=C[C@@H](C)N(S(=O)(=O)c2ccc(C)cc2)[C@H]1c1cccc([N+](=O)[O-])c1. The Kier molecular flexibility index (Phi) is 6.04. The van der Waals surface area contributed by atoms with E-state index in [2.05, 4.69) is 0 Å². The Morgan fingerprint density at radius 3 is 2.47 bits per heavy atom. The summed E-state index contributed by atoms with van der Waals surface area (Å²) in [6.45, 7) is 5.28. The van der Waals surface area contributed by atoms with Crippen LogP contribution in [0.5, 0.6) is 0 Å². The Balaban J connectivity index is 2.16. The predicted octanol–water partition coefficient (Wildman–Crippen LogP) is 3.53. The first kappa shape index (κ1) is 21.7. The van der Waals surface area contributed by atoms with Crippen molar-refractivity contribution in [2.24, 2.45) is 0 Å². The lowest BCUT2D eigenvalue weighted by Crippen LogP contribution is -2.37. The molecule has 9 heteroatoms. The van der Waals surface area contributed by atoms with Gasteiger partial charge in [-0.1, -0.05) is 35.9 Å². The second-order valence-electron chi connectivity index (χ2n) is 6.99. The smallest absolute Gasteiger partial charge is 0.335 e. The fourth-order valence-corrected chi connectivity index (χ4v) is 5.25. The number of sulfonamides is 1. The second-order valence-corrected chi connectivity index (χ2v) is 8.83. The summed E-state index contributed by atoms with van der Waals surface area (Å²) in [4.78, 5) is 23.4. The molecular weight excluding hydrogens is 408 g/mol. The van der Waals surface area contributed by atoms with Crippen LogP contribution in [0.3, 0.4) is 0 Å². The minimum absolute atomic E-state index is 0.0777. The fraction of sp³-hybridized carbons (Fsp3) is 0.286. The van der Waals surface area contributed by atoms with Gasteiger partial charge < -0.3 is 4.74 Å². The molecule has 158 valence electrons. The zero-order chi connectivity index (χ0) is 22.1. The highest BCUT2D eigenvalue weighted by molar-refractivity contribution is 7.89. The van der Waals surface area contributed by atoms with Crippen LogP contribution in [0.1, 0.15) is 31.0 Å². The maximum absolute atomic E-state index is 13.5. The van der Waals surface area contributed by atoms with E-state index in [4.69, 9.17) is 4.74 Å². The number of carbonyl (C=O) groups is 1. The molecule has 0 radical (unpaired) electrons. The van der Waals surface area contributed by atoms with Crippen LogP contribution in [0.15, 0.2) is 65.1 Å². The number of benzene rings is 2. The molecule has 30 heavy (non-hydrogen) atoms. The molecule has 1 aliphatic heterocycles. The van der Waals surface area contributed by atoms with Gasteiger partial charge in [0.15, 0.2) is 0 Å². The van der Waals surface area contributed by atoms with Crippen molar-refractivity contribution in [2.75, 3.05) is 6.61 Å². The molecule has 0 bridgehead atoms. The summed E-state index contributed by atoms with van der Waals surface area (Å²) in [5.74, 6) is -0.650. The number of carbonyl (C=O) groups excluding carboxylic acids is 1. The van der Waals surface area contributed by atoms with Crippen molar-refractivity contribution in [1.29, 1.82) is 0 Å². The van der Waals surface area contributed by atoms with Gasteiger partial charge in [-0.05, 0) is 38.5 Å². The summed E-state index contributed by atoms with van der Waals surface area (Å²) >= 11 is 0. The van der Waals surface area contributed by atoms with Gasteiger partial charge in [0, 0.05) is 18.2 Å². The van der Waals surface area contributed by atoms with Crippen LogP contribution in [0, 0.1) is 17.0 Å². The van der Waals surface area contributed by atoms with E-state index >= 15 is 0 Å². The summed E-state index contributed by atoms with van der Waals surface area (Å²) in [6.07, 6.45) is 1.53. The zero-order valence-corrected chi connectivity index (χ0v) is 17.6. The summed E-state index contributed by atoms with van der Waals surface area (Å²) < 4.78 is 33.3. The van der Waals surface area contributed by atoms with E-state index in [1.807, 2.05) is 6.92 Å². The van der Waals surface area contributed by atoms with Crippen molar-refractivity contribution in [2.45, 2.75) is 37.8 Å². The van der Waals surface area contributed by atoms with E-state index in [1.165, 1.54) is 40.7 Å². The molecule has 1 heterocycles. The number of nitro benzene ring substituents is 1. The van der Waals surface area contributed by atoms with Crippen LogP contribution in [-0.4, -0.2) is 36.3 Å². The highest BCUT2D eigenvalue weighted by atomic mass is 32.2. The van der Waals surface area contributed by atoms with Crippen molar-refractivity contribution >= 4 is 21.7 Å². The lowest BCUT2D eigenvalue weighted by atomic mass is 10.0. The number of ether oxygens (including phenoxy) is 1. The molecule has 2 aromatic carbocycles. The van der Waals surface area contributed by atoms with E-state index in [0.29, 0.717) is 5.56 Å². The molecule has 0 unspecified atom stereocenters. The molecule has 0 aromatic heterocycles. The number of aryl methyl sites for hydroxylation is 1. The molecule has 0 saturated carbocycles. The largest absolute Gasteiger partial charge is 0.463 e. The Morgan fingerprint density at radius 1 is 1.20 bits per heavy atom. The monoisotopic (exact) mass is 430 g/mol. The lowest BCUT2D eigenvalue weighted by Gasteiger charge is -2.29. The molecule has 3 rings (SSSR count). The number of nitrogens with zero attached hydrogens (tertiary/aromatic N) is 2. The van der Waals surface area contributed by atoms with Crippen LogP contribution >= 0.6 is 0 Å². The van der Waals surface area contributed by atoms with Crippen LogP contribution in [-0.2, 0) is 19.6 Å². The van der Waals surface area contributed by atoms with E-state index in [9.17, 15) is 23.3 Å². The van der Waals surface area contributed by atoms with Gasteiger partial charge in [-0.15, -0.1) is 0 Å². The van der Waals surface area contributed by atoms with Crippen molar-refractivity contribution in [1.82, 2.24) is 4.31 Å². The normalized spacial score (nSPS) is 19.4. The summed E-state index contributed by atoms with van der Waals surface area (Å²) in [5.41, 5.74) is 1.18. The fourth-order valence-electron chi connectivity index (χ4n) is 3.52. The molecule has 0 amide bonds. The van der Waals surface area contributed by atoms with Crippen LogP contribution in [0.4, 0.5) is 5.69 Å². The number of hydrogen-bond acceptors (Lipinski definition) is 6. The van der Waals surface area contributed by atoms with E-state index in [-0.39, 0.29) is 22.8 Å². The van der Waals surface area contributed by atoms with Gasteiger partial charge >= 0.3 is 5.97 Å². The summed E-state index contributed by atoms with van der Waals surface area (Å²) in [5, 5.41) is 11.2. The van der Waals surface area contributed by atoms with Gasteiger partial charge in [-0.25, -0.2) is 13.2 Å². The van der Waals surface area contributed by atoms with Crippen molar-refractivity contribution in [3.05, 3.63) is 81.4 Å². The number of non-ortho nitro benzene ring substituents is 1. The Bertz CT molecular complexity index is 1110. The van der Waals surface area contributed by atoms with Crippen LogP contribution in [0.25, 0.3) is 0 Å². The molecule has 8 nitrogen and oxygen atoms in total. The average Bonchev–Trinajstić information content (AvgIpc) is 3.06. The average molecular weight is 430 g/mol. The first-order valence-corrected chi connectivity index (χ1v) is 10.8. The third kappa shape index (κ3) is 3.99. The summed E-state index contributed by atoms with van der Waals surface area (Å²) in [7, 11) is -4.01. The van der Waals surface area contributed by atoms with Crippen LogP contribution < -0.4 is 0 Å². The maximum atomic E-state index is 13.5. The quantitative estimate of drug-likeness (QED) is 0.394. The maximum Gasteiger partial charge on any atom is 0.335 e. The van der Waals surface area contributed by atoms with E-state index < -0.39 is 33.0 Å². The molecule has 2 atom stereocenters. The molecule has 0 fully saturated rings. The zero-order valence-electron chi connectivity index (χ0n) is 16.8. The highest BCUT2D eigenvalue weighted by Gasteiger charge is 2.45. The van der Waals surface area contributed by atoms with Gasteiger partial charge in [0.2, 0.25) is 10.0 Å². The van der Waals surface area contributed by atoms with Crippen LogP contribution in [0.2, 0.25) is 0 Å².